The maximum Gasteiger partial charge on any atom is 0.149 e. The fraction of sp³-hybridized carbons (Fsp3) is 0.250. The third-order valence-corrected chi connectivity index (χ3v) is 12.6. The van der Waals surface area contributed by atoms with Crippen molar-refractivity contribution in [1.29, 1.82) is 0 Å². The summed E-state index contributed by atoms with van der Waals surface area (Å²) in [6.45, 7) is 8.77. The molecule has 68 heavy (non-hydrogen) atoms. The Morgan fingerprint density at radius 3 is 1.82 bits per heavy atom. The highest BCUT2D eigenvalue weighted by molar-refractivity contribution is 5.98. The normalized spacial score (nSPS) is 16.0. The Kier molecular flexibility index (Phi) is 8.07. The van der Waals surface area contributed by atoms with Gasteiger partial charge in [0.1, 0.15) is 11.6 Å². The summed E-state index contributed by atoms with van der Waals surface area (Å²) < 4.78 is 120. The fourth-order valence-corrected chi connectivity index (χ4v) is 8.76. The first-order valence-corrected chi connectivity index (χ1v) is 22.9. The van der Waals surface area contributed by atoms with Crippen LogP contribution in [-0.4, -0.2) is 19.6 Å². The number of fused-ring (bicyclic) bond motifs is 1. The molecule has 9 aromatic rings. The monoisotopic (exact) mass is 906 g/mol. The van der Waals surface area contributed by atoms with E-state index in [4.69, 9.17) is 29.2 Å². The molecule has 0 fully saturated rings. The number of pyridine rings is 1. The van der Waals surface area contributed by atoms with Crippen LogP contribution in [0.25, 0.3) is 83.9 Å². The number of benzene rings is 7. The molecule has 0 bridgehead atoms. The van der Waals surface area contributed by atoms with Crippen LogP contribution in [0.4, 0.5) is 0 Å². The molecule has 0 spiro atoms. The number of imidazole rings is 1. The fourth-order valence-electron chi connectivity index (χ4n) is 8.76. The molecule has 2 aromatic heterocycles. The van der Waals surface area contributed by atoms with Gasteiger partial charge in [-0.05, 0) is 126 Å². The SMILES string of the molecule is [2H]c1c([2H])c([2H])c(-c2cc(-c3cc(-c4ccc(C(C([2H])([2H])[2H])(C([2H])([2H])[2H])C([2H])([2H])[2H])cc4)ccn3)cc(-c3cccc4c3nc(-c3cc(C(C)(C)C)cc(C(C)(C)C)c3O)n4-c3ccc(C(C)(C)C)cc3-c3ccccc3)c2)c([2H])c1[2H]. The molecule has 7 aromatic carbocycles. The zero-order chi connectivity index (χ0) is 60.2. The average Bonchev–Trinajstić information content (AvgIpc) is 2.78. The summed E-state index contributed by atoms with van der Waals surface area (Å²) in [6.07, 6.45) is 1.54. The van der Waals surface area contributed by atoms with Crippen LogP contribution in [-0.2, 0) is 21.7 Å². The molecular formula is C64H65N3O. The average molecular weight is 906 g/mol. The van der Waals surface area contributed by atoms with E-state index in [1.54, 1.807) is 30.5 Å². The van der Waals surface area contributed by atoms with Crippen molar-refractivity contribution < 1.29 is 24.3 Å². The number of phenolic OH excluding ortho intramolecular Hbond substituents is 1. The molecule has 0 aliphatic heterocycles. The molecule has 4 nitrogen and oxygen atoms in total. The van der Waals surface area contributed by atoms with Crippen molar-refractivity contribution in [2.45, 2.75) is 105 Å². The second-order valence-corrected chi connectivity index (χ2v) is 20.8. The lowest BCUT2D eigenvalue weighted by molar-refractivity contribution is 0.446. The molecule has 0 atom stereocenters. The van der Waals surface area contributed by atoms with Crippen LogP contribution in [0.15, 0.2) is 170 Å². The Morgan fingerprint density at radius 1 is 0.485 bits per heavy atom. The Hall–Kier alpha value is -7.04. The summed E-state index contributed by atoms with van der Waals surface area (Å²) in [6, 6.07) is 38.1. The standard InChI is InChI=1S/C64H65N3O/c1-61(2,3)48-28-26-42(27-29-48)44-32-33-65-55(37-44)47-35-45(41-20-15-13-16-21-41)34-46(36-47)51-24-19-25-57-58(51)66-60(53-39-50(63(7,8)9)40-54(59(53)68)64(10,11)12)67(57)56-31-30-49(62(4,5)6)38-52(56)43-22-17-14-18-23-43/h13-40,68H,1-12H3/i1D3,2D3,3D3,13D,15D,16D,20D,21D. The van der Waals surface area contributed by atoms with E-state index >= 15 is 0 Å². The molecule has 0 amide bonds. The van der Waals surface area contributed by atoms with E-state index in [2.05, 4.69) is 103 Å². The molecule has 0 radical (unpaired) electrons. The van der Waals surface area contributed by atoms with Gasteiger partial charge in [0.25, 0.3) is 0 Å². The lowest BCUT2D eigenvalue weighted by atomic mass is 9.79. The van der Waals surface area contributed by atoms with Crippen LogP contribution in [0.3, 0.4) is 0 Å². The number of hydrogen-bond donors (Lipinski definition) is 1. The molecule has 4 heteroatoms. The molecule has 0 saturated heterocycles. The number of aromatic nitrogens is 3. The Balaban J connectivity index is 1.35. The van der Waals surface area contributed by atoms with Crippen LogP contribution < -0.4 is 0 Å². The van der Waals surface area contributed by atoms with Crippen molar-refractivity contribution in [2.24, 2.45) is 0 Å². The van der Waals surface area contributed by atoms with Crippen molar-refractivity contribution in [3.05, 3.63) is 192 Å². The van der Waals surface area contributed by atoms with Gasteiger partial charge in [-0.1, -0.05) is 192 Å². The maximum absolute atomic E-state index is 12.7. The molecule has 9 rings (SSSR count). The number of phenols is 1. The van der Waals surface area contributed by atoms with Gasteiger partial charge in [0.15, 0.2) is 0 Å². The zero-order valence-electron chi connectivity index (χ0n) is 54.1. The summed E-state index contributed by atoms with van der Waals surface area (Å²) in [7, 11) is 0. The predicted octanol–water partition coefficient (Wildman–Crippen LogP) is 17.3. The van der Waals surface area contributed by atoms with Crippen molar-refractivity contribution in [3.63, 3.8) is 0 Å². The first-order chi connectivity index (χ1) is 38.0. The molecular weight excluding hydrogens is 827 g/mol. The minimum absolute atomic E-state index is 0.0504. The molecule has 2 heterocycles. The highest BCUT2D eigenvalue weighted by Gasteiger charge is 2.30. The highest BCUT2D eigenvalue weighted by Crippen LogP contribution is 2.46. The van der Waals surface area contributed by atoms with Crippen molar-refractivity contribution >= 4 is 11.0 Å². The Bertz CT molecular complexity index is 3880. The van der Waals surface area contributed by atoms with Gasteiger partial charge in [-0.25, -0.2) is 4.98 Å². The zero-order valence-corrected chi connectivity index (χ0v) is 40.1. The van der Waals surface area contributed by atoms with Crippen LogP contribution >= 0.6 is 0 Å². The van der Waals surface area contributed by atoms with Gasteiger partial charge in [-0.2, -0.15) is 0 Å². The number of para-hydroxylation sites is 1. The topological polar surface area (TPSA) is 50.9 Å². The van der Waals surface area contributed by atoms with Gasteiger partial charge in [0.2, 0.25) is 0 Å². The summed E-state index contributed by atoms with van der Waals surface area (Å²) in [5.41, 5.74) is 5.90. The van der Waals surface area contributed by atoms with E-state index in [1.807, 2.05) is 48.5 Å². The molecule has 342 valence electrons. The van der Waals surface area contributed by atoms with Crippen LogP contribution in [0.5, 0.6) is 5.75 Å². The lowest BCUT2D eigenvalue weighted by Crippen LogP contribution is -2.17. The van der Waals surface area contributed by atoms with Crippen molar-refractivity contribution in [1.82, 2.24) is 14.5 Å². The van der Waals surface area contributed by atoms with E-state index in [-0.39, 0.29) is 27.7 Å². The van der Waals surface area contributed by atoms with E-state index in [0.29, 0.717) is 55.9 Å². The first-order valence-electron chi connectivity index (χ1n) is 29.9. The number of nitrogens with zero attached hydrogens (tertiary/aromatic N) is 3. The molecule has 0 aliphatic carbocycles. The summed E-state index contributed by atoms with van der Waals surface area (Å²) in [4.78, 5) is 10.3. The quantitative estimate of drug-likeness (QED) is 0.173. The third kappa shape index (κ3) is 9.05. The van der Waals surface area contributed by atoms with E-state index in [1.165, 1.54) is 24.3 Å². The number of rotatable bonds is 7. The third-order valence-electron chi connectivity index (χ3n) is 12.6. The van der Waals surface area contributed by atoms with Crippen molar-refractivity contribution in [2.75, 3.05) is 0 Å². The largest absolute Gasteiger partial charge is 0.507 e. The minimum Gasteiger partial charge on any atom is -0.507 e. The van der Waals surface area contributed by atoms with Gasteiger partial charge in [0.05, 0.1) is 34.8 Å². The van der Waals surface area contributed by atoms with E-state index in [0.717, 1.165) is 33.5 Å². The van der Waals surface area contributed by atoms with Gasteiger partial charge in [-0.15, -0.1) is 0 Å². The van der Waals surface area contributed by atoms with Crippen LogP contribution in [0, 0.1) is 0 Å². The van der Waals surface area contributed by atoms with Crippen molar-refractivity contribution in [3.8, 4) is 78.6 Å². The van der Waals surface area contributed by atoms with E-state index in [9.17, 15) is 5.11 Å². The Morgan fingerprint density at radius 2 is 1.15 bits per heavy atom. The Labute approximate surface area is 424 Å². The number of aromatic hydroxyl groups is 1. The molecule has 0 aliphatic rings. The number of hydrogen-bond acceptors (Lipinski definition) is 3. The summed E-state index contributed by atoms with van der Waals surface area (Å²) in [5, 5.41) is 12.7. The summed E-state index contributed by atoms with van der Waals surface area (Å²) >= 11 is 0. The van der Waals surface area contributed by atoms with Gasteiger partial charge in [0, 0.05) is 40.8 Å². The van der Waals surface area contributed by atoms with E-state index < -0.39 is 67.2 Å². The maximum atomic E-state index is 12.7. The second kappa shape index (κ2) is 17.2. The second-order valence-electron chi connectivity index (χ2n) is 20.8. The van der Waals surface area contributed by atoms with Crippen LogP contribution in [0.1, 0.15) is 124 Å². The molecule has 1 N–H and O–H groups in total. The van der Waals surface area contributed by atoms with Gasteiger partial charge < -0.3 is 5.11 Å². The summed E-state index contributed by atoms with van der Waals surface area (Å²) in [5.74, 6) is 0.553. The minimum atomic E-state index is -3.44. The van der Waals surface area contributed by atoms with Crippen LogP contribution in [0.2, 0.25) is 0 Å². The highest BCUT2D eigenvalue weighted by atomic mass is 16.3. The lowest BCUT2D eigenvalue weighted by Gasteiger charge is -2.28. The first kappa shape index (κ1) is 31.8. The molecule has 0 unspecified atom stereocenters. The molecule has 0 saturated carbocycles. The predicted molar refractivity (Wildman–Crippen MR) is 288 cm³/mol. The smallest absolute Gasteiger partial charge is 0.149 e. The van der Waals surface area contributed by atoms with Gasteiger partial charge >= 0.3 is 0 Å². The van der Waals surface area contributed by atoms with Gasteiger partial charge in [-0.3, -0.25) is 9.55 Å².